The fourth-order valence-electron chi connectivity index (χ4n) is 2.00. The van der Waals surface area contributed by atoms with Gasteiger partial charge in [0.2, 0.25) is 0 Å². The van der Waals surface area contributed by atoms with Crippen molar-refractivity contribution in [2.45, 2.75) is 6.92 Å². The van der Waals surface area contributed by atoms with Crippen molar-refractivity contribution in [3.8, 4) is 23.6 Å². The summed E-state index contributed by atoms with van der Waals surface area (Å²) in [5, 5.41) is 5.64. The first-order valence-electron chi connectivity index (χ1n) is 6.83. The summed E-state index contributed by atoms with van der Waals surface area (Å²) in [5.74, 6) is 2.33. The molecule has 0 saturated carbocycles. The molecule has 23 heavy (non-hydrogen) atoms. The Labute approximate surface area is 137 Å². The van der Waals surface area contributed by atoms with Gasteiger partial charge in [-0.15, -0.1) is 6.42 Å². The summed E-state index contributed by atoms with van der Waals surface area (Å²) >= 11 is 1.31. The van der Waals surface area contributed by atoms with Crippen LogP contribution in [0.15, 0.2) is 30.6 Å². The van der Waals surface area contributed by atoms with E-state index in [4.69, 9.17) is 6.42 Å². The van der Waals surface area contributed by atoms with Crippen LogP contribution in [0.5, 0.6) is 0 Å². The third-order valence-electron chi connectivity index (χ3n) is 3.00. The minimum absolute atomic E-state index is 0.166. The zero-order valence-electron chi connectivity index (χ0n) is 12.3. The molecule has 0 spiro atoms. The lowest BCUT2D eigenvalue weighted by molar-refractivity contribution is 0.253. The van der Waals surface area contributed by atoms with E-state index in [0.717, 1.165) is 27.2 Å². The SMILES string of the molecule is C#CCNC(=O)Nc1nc2ccc(-c3cncc(C)c3)nc2s1. The van der Waals surface area contributed by atoms with Gasteiger partial charge in [0.05, 0.1) is 12.2 Å². The van der Waals surface area contributed by atoms with Gasteiger partial charge in [-0.3, -0.25) is 10.3 Å². The summed E-state index contributed by atoms with van der Waals surface area (Å²) in [4.78, 5) is 25.4. The molecule has 2 amide bonds. The molecular formula is C16H13N5OS. The van der Waals surface area contributed by atoms with Gasteiger partial charge >= 0.3 is 6.03 Å². The van der Waals surface area contributed by atoms with Crippen LogP contribution in [0, 0.1) is 19.3 Å². The molecule has 114 valence electrons. The van der Waals surface area contributed by atoms with Crippen molar-refractivity contribution in [3.05, 3.63) is 36.2 Å². The molecule has 3 aromatic heterocycles. The Morgan fingerprint density at radius 3 is 3.00 bits per heavy atom. The number of nitrogens with one attached hydrogen (secondary N) is 2. The quantitative estimate of drug-likeness (QED) is 0.726. The number of terminal acetylenes is 1. The second-order valence-electron chi connectivity index (χ2n) is 4.80. The molecule has 2 N–H and O–H groups in total. The second kappa shape index (κ2) is 6.42. The number of anilines is 1. The minimum atomic E-state index is -0.384. The van der Waals surface area contributed by atoms with Crippen LogP contribution in [0.1, 0.15) is 5.56 Å². The number of pyridine rings is 2. The van der Waals surface area contributed by atoms with Crippen molar-refractivity contribution in [1.82, 2.24) is 20.3 Å². The summed E-state index contributed by atoms with van der Waals surface area (Å²) < 4.78 is 0. The van der Waals surface area contributed by atoms with Gasteiger partial charge in [0.15, 0.2) is 5.13 Å². The second-order valence-corrected chi connectivity index (χ2v) is 5.78. The normalized spacial score (nSPS) is 10.3. The molecule has 0 atom stereocenters. The average molecular weight is 323 g/mol. The Morgan fingerprint density at radius 1 is 1.35 bits per heavy atom. The molecule has 0 saturated heterocycles. The molecule has 0 aliphatic heterocycles. The number of amides is 2. The number of carbonyl (C=O) groups excluding carboxylic acids is 1. The van der Waals surface area contributed by atoms with Crippen molar-refractivity contribution in [2.24, 2.45) is 0 Å². The number of carbonyl (C=O) groups is 1. The van der Waals surface area contributed by atoms with E-state index in [1.807, 2.05) is 25.1 Å². The summed E-state index contributed by atoms with van der Waals surface area (Å²) in [6.45, 7) is 2.15. The van der Waals surface area contributed by atoms with Crippen LogP contribution in [0.3, 0.4) is 0 Å². The Morgan fingerprint density at radius 2 is 2.22 bits per heavy atom. The maximum atomic E-state index is 11.6. The molecule has 3 aromatic rings. The summed E-state index contributed by atoms with van der Waals surface area (Å²) in [6, 6.07) is 5.40. The van der Waals surface area contributed by atoms with E-state index in [9.17, 15) is 4.79 Å². The molecule has 7 heteroatoms. The molecule has 0 aromatic carbocycles. The van der Waals surface area contributed by atoms with E-state index in [1.54, 1.807) is 12.4 Å². The third-order valence-corrected chi connectivity index (χ3v) is 3.88. The molecule has 3 heterocycles. The minimum Gasteiger partial charge on any atom is -0.327 e. The summed E-state index contributed by atoms with van der Waals surface area (Å²) in [6.07, 6.45) is 8.66. The van der Waals surface area contributed by atoms with Crippen LogP contribution in [-0.4, -0.2) is 27.5 Å². The largest absolute Gasteiger partial charge is 0.327 e. The van der Waals surface area contributed by atoms with Gasteiger partial charge in [-0.2, -0.15) is 0 Å². The van der Waals surface area contributed by atoms with Crippen molar-refractivity contribution in [1.29, 1.82) is 0 Å². The lowest BCUT2D eigenvalue weighted by Gasteiger charge is -2.00. The molecule has 6 nitrogen and oxygen atoms in total. The molecule has 0 bridgehead atoms. The van der Waals surface area contributed by atoms with Crippen molar-refractivity contribution in [2.75, 3.05) is 11.9 Å². The highest BCUT2D eigenvalue weighted by atomic mass is 32.1. The van der Waals surface area contributed by atoms with E-state index < -0.39 is 0 Å². The van der Waals surface area contributed by atoms with Crippen LogP contribution >= 0.6 is 11.3 Å². The number of aromatic nitrogens is 3. The summed E-state index contributed by atoms with van der Waals surface area (Å²) in [5.41, 5.74) is 3.56. The maximum absolute atomic E-state index is 11.6. The molecule has 0 unspecified atom stereocenters. The van der Waals surface area contributed by atoms with E-state index in [-0.39, 0.29) is 12.6 Å². The first-order chi connectivity index (χ1) is 11.2. The van der Waals surface area contributed by atoms with E-state index in [1.165, 1.54) is 11.3 Å². The smallest absolute Gasteiger partial charge is 0.321 e. The van der Waals surface area contributed by atoms with Gasteiger partial charge in [0.1, 0.15) is 10.3 Å². The summed E-state index contributed by atoms with van der Waals surface area (Å²) in [7, 11) is 0. The highest BCUT2D eigenvalue weighted by molar-refractivity contribution is 7.21. The molecule has 3 rings (SSSR count). The van der Waals surface area contributed by atoms with Crippen molar-refractivity contribution < 1.29 is 4.79 Å². The lowest BCUT2D eigenvalue weighted by Crippen LogP contribution is -2.28. The van der Waals surface area contributed by atoms with Crippen LogP contribution in [0.25, 0.3) is 21.6 Å². The van der Waals surface area contributed by atoms with Gasteiger partial charge < -0.3 is 5.32 Å². The Kier molecular flexibility index (Phi) is 4.17. The highest BCUT2D eigenvalue weighted by Gasteiger charge is 2.10. The fraction of sp³-hybridized carbons (Fsp3) is 0.125. The average Bonchev–Trinajstić information content (AvgIpc) is 2.94. The van der Waals surface area contributed by atoms with Crippen LogP contribution in [-0.2, 0) is 0 Å². The molecular weight excluding hydrogens is 310 g/mol. The van der Waals surface area contributed by atoms with E-state index >= 15 is 0 Å². The Bertz CT molecular complexity index is 912. The van der Waals surface area contributed by atoms with Crippen LogP contribution in [0.4, 0.5) is 9.93 Å². The first kappa shape index (κ1) is 14.9. The number of fused-ring (bicyclic) bond motifs is 1. The first-order valence-corrected chi connectivity index (χ1v) is 7.65. The topological polar surface area (TPSA) is 79.8 Å². The van der Waals surface area contributed by atoms with Crippen molar-refractivity contribution >= 4 is 32.8 Å². The van der Waals surface area contributed by atoms with Gasteiger partial charge in [-0.05, 0) is 30.7 Å². The van der Waals surface area contributed by atoms with Gasteiger partial charge in [0.25, 0.3) is 0 Å². The Hall–Kier alpha value is -2.98. The molecule has 0 aliphatic rings. The standard InChI is InChI=1S/C16H13N5OS/c1-3-6-18-15(22)21-16-20-13-5-4-12(19-14(13)23-16)11-7-10(2)8-17-9-11/h1,4-5,7-9H,6H2,2H3,(H2,18,20,21,22). The zero-order chi connectivity index (χ0) is 16.2. The molecule has 0 radical (unpaired) electrons. The lowest BCUT2D eigenvalue weighted by atomic mass is 10.1. The number of rotatable bonds is 3. The van der Waals surface area contributed by atoms with Crippen LogP contribution in [0.2, 0.25) is 0 Å². The van der Waals surface area contributed by atoms with Gasteiger partial charge in [-0.1, -0.05) is 17.3 Å². The monoisotopic (exact) mass is 323 g/mol. The third kappa shape index (κ3) is 3.44. The number of aryl methyl sites for hydroxylation is 1. The molecule has 0 aliphatic carbocycles. The van der Waals surface area contributed by atoms with E-state index in [0.29, 0.717) is 5.13 Å². The number of urea groups is 1. The predicted octanol–water partition coefficient (Wildman–Crippen LogP) is 2.82. The zero-order valence-corrected chi connectivity index (χ0v) is 13.1. The maximum Gasteiger partial charge on any atom is 0.321 e. The predicted molar refractivity (Wildman–Crippen MR) is 91.2 cm³/mol. The number of thiazole rings is 1. The van der Waals surface area contributed by atoms with Crippen LogP contribution < -0.4 is 10.6 Å². The Balaban J connectivity index is 1.86. The molecule has 0 fully saturated rings. The number of nitrogens with zero attached hydrogens (tertiary/aromatic N) is 3. The number of hydrogen-bond acceptors (Lipinski definition) is 5. The van der Waals surface area contributed by atoms with Gasteiger partial charge in [0, 0.05) is 18.0 Å². The van der Waals surface area contributed by atoms with Crippen molar-refractivity contribution in [3.63, 3.8) is 0 Å². The fourth-order valence-corrected chi connectivity index (χ4v) is 2.83. The van der Waals surface area contributed by atoms with E-state index in [2.05, 4.69) is 31.5 Å². The highest BCUT2D eigenvalue weighted by Crippen LogP contribution is 2.27. The number of hydrogen-bond donors (Lipinski definition) is 2. The van der Waals surface area contributed by atoms with Gasteiger partial charge in [-0.25, -0.2) is 14.8 Å².